The van der Waals surface area contributed by atoms with Gasteiger partial charge in [-0.25, -0.2) is 9.18 Å². The Bertz CT molecular complexity index is 751. The van der Waals surface area contributed by atoms with Gasteiger partial charge in [-0.1, -0.05) is 17.7 Å². The SMILES string of the molecule is O=C1Nc2ccc(-c3cc(F)cc(Cl)c3)cc2C2(CC2)O1. The summed E-state index contributed by atoms with van der Waals surface area (Å²) in [5.74, 6) is -0.374. The molecule has 0 radical (unpaired) electrons. The van der Waals surface area contributed by atoms with Gasteiger partial charge in [0.2, 0.25) is 0 Å². The lowest BCUT2D eigenvalue weighted by Gasteiger charge is -2.26. The molecule has 1 aliphatic heterocycles. The van der Waals surface area contributed by atoms with Crippen molar-refractivity contribution in [1.29, 1.82) is 0 Å². The number of hydrogen-bond acceptors (Lipinski definition) is 2. The first-order valence-corrected chi connectivity index (χ1v) is 7.05. The van der Waals surface area contributed by atoms with Crippen LogP contribution in [0.25, 0.3) is 11.1 Å². The standard InChI is InChI=1S/C16H11ClFNO2/c17-11-5-10(6-12(18)8-11)9-1-2-14-13(7-9)16(3-4-16)21-15(20)19-14/h1-2,5-8H,3-4H2,(H,19,20). The molecule has 0 aromatic heterocycles. The van der Waals surface area contributed by atoms with Crippen LogP contribution in [0, 0.1) is 5.82 Å². The fourth-order valence-corrected chi connectivity index (χ4v) is 3.00. The number of carbonyl (C=O) groups is 1. The number of rotatable bonds is 1. The summed E-state index contributed by atoms with van der Waals surface area (Å²) in [4.78, 5) is 11.5. The maximum Gasteiger partial charge on any atom is 0.412 e. The average Bonchev–Trinajstić information content (AvgIpc) is 3.17. The molecule has 0 atom stereocenters. The Kier molecular flexibility index (Phi) is 2.54. The van der Waals surface area contributed by atoms with Crippen LogP contribution >= 0.6 is 11.6 Å². The van der Waals surface area contributed by atoms with Crippen LogP contribution in [0.1, 0.15) is 18.4 Å². The smallest absolute Gasteiger partial charge is 0.412 e. The summed E-state index contributed by atoms with van der Waals surface area (Å²) in [6.07, 6.45) is 1.23. The molecule has 0 saturated heterocycles. The van der Waals surface area contributed by atoms with Gasteiger partial charge in [-0.15, -0.1) is 0 Å². The fourth-order valence-electron chi connectivity index (χ4n) is 2.78. The van der Waals surface area contributed by atoms with Crippen LogP contribution in [-0.2, 0) is 10.3 Å². The van der Waals surface area contributed by atoms with Gasteiger partial charge in [-0.3, -0.25) is 5.32 Å². The third-order valence-electron chi connectivity index (χ3n) is 3.94. The third-order valence-corrected chi connectivity index (χ3v) is 4.15. The first kappa shape index (κ1) is 12.7. The second kappa shape index (κ2) is 4.21. The molecule has 1 N–H and O–H groups in total. The summed E-state index contributed by atoms with van der Waals surface area (Å²) >= 11 is 5.91. The molecule has 106 valence electrons. The lowest BCUT2D eigenvalue weighted by Crippen LogP contribution is -2.29. The van der Waals surface area contributed by atoms with Crippen molar-refractivity contribution in [2.45, 2.75) is 18.4 Å². The summed E-state index contributed by atoms with van der Waals surface area (Å²) in [6, 6.07) is 10.0. The van der Waals surface area contributed by atoms with Gasteiger partial charge in [0.15, 0.2) is 0 Å². The van der Waals surface area contributed by atoms with Crippen LogP contribution in [0.2, 0.25) is 5.02 Å². The Morgan fingerprint density at radius 2 is 1.95 bits per heavy atom. The van der Waals surface area contributed by atoms with E-state index in [9.17, 15) is 9.18 Å². The second-order valence-electron chi connectivity index (χ2n) is 5.43. The van der Waals surface area contributed by atoms with Gasteiger partial charge in [0, 0.05) is 10.6 Å². The molecular weight excluding hydrogens is 293 g/mol. The van der Waals surface area contributed by atoms with E-state index in [4.69, 9.17) is 16.3 Å². The molecule has 5 heteroatoms. The van der Waals surface area contributed by atoms with Crippen molar-refractivity contribution >= 4 is 23.4 Å². The average molecular weight is 304 g/mol. The maximum atomic E-state index is 13.5. The van der Waals surface area contributed by atoms with Crippen molar-refractivity contribution in [2.75, 3.05) is 5.32 Å². The molecule has 0 unspecified atom stereocenters. The summed E-state index contributed by atoms with van der Waals surface area (Å²) in [7, 11) is 0. The van der Waals surface area contributed by atoms with E-state index < -0.39 is 11.7 Å². The van der Waals surface area contributed by atoms with Crippen molar-refractivity contribution in [3.05, 3.63) is 52.8 Å². The number of benzene rings is 2. The van der Waals surface area contributed by atoms with Crippen molar-refractivity contribution in [3.8, 4) is 11.1 Å². The quantitative estimate of drug-likeness (QED) is 0.829. The zero-order valence-corrected chi connectivity index (χ0v) is 11.7. The Balaban J connectivity index is 1.84. The Morgan fingerprint density at radius 3 is 2.67 bits per heavy atom. The Hall–Kier alpha value is -2.07. The topological polar surface area (TPSA) is 38.3 Å². The van der Waals surface area contributed by atoms with Crippen LogP contribution in [-0.4, -0.2) is 6.09 Å². The lowest BCUT2D eigenvalue weighted by molar-refractivity contribution is 0.0894. The van der Waals surface area contributed by atoms with Gasteiger partial charge < -0.3 is 4.74 Å². The van der Waals surface area contributed by atoms with Crippen molar-refractivity contribution in [3.63, 3.8) is 0 Å². The number of nitrogens with one attached hydrogen (secondary N) is 1. The molecule has 2 aliphatic rings. The fraction of sp³-hybridized carbons (Fsp3) is 0.188. The van der Waals surface area contributed by atoms with E-state index in [-0.39, 0.29) is 5.82 Å². The minimum Gasteiger partial charge on any atom is -0.438 e. The van der Waals surface area contributed by atoms with E-state index in [0.29, 0.717) is 10.6 Å². The zero-order chi connectivity index (χ0) is 14.6. The molecule has 0 bridgehead atoms. The van der Waals surface area contributed by atoms with Crippen LogP contribution in [0.4, 0.5) is 14.9 Å². The molecule has 1 spiro atoms. The molecule has 1 saturated carbocycles. The highest BCUT2D eigenvalue weighted by Gasteiger charge is 2.52. The minimum absolute atomic E-state index is 0.355. The highest BCUT2D eigenvalue weighted by Crippen LogP contribution is 2.54. The van der Waals surface area contributed by atoms with Crippen LogP contribution in [0.15, 0.2) is 36.4 Å². The zero-order valence-electron chi connectivity index (χ0n) is 11.0. The van der Waals surface area contributed by atoms with E-state index in [1.807, 2.05) is 18.2 Å². The molecule has 21 heavy (non-hydrogen) atoms. The lowest BCUT2D eigenvalue weighted by atomic mass is 9.97. The predicted molar refractivity (Wildman–Crippen MR) is 77.9 cm³/mol. The van der Waals surface area contributed by atoms with Crippen LogP contribution in [0.5, 0.6) is 0 Å². The molecular formula is C16H11ClFNO2. The van der Waals surface area contributed by atoms with Gasteiger partial charge >= 0.3 is 6.09 Å². The number of amides is 1. The van der Waals surface area contributed by atoms with Crippen molar-refractivity contribution in [2.24, 2.45) is 0 Å². The number of carbonyl (C=O) groups excluding carboxylic acids is 1. The maximum absolute atomic E-state index is 13.5. The number of ether oxygens (including phenoxy) is 1. The monoisotopic (exact) mass is 303 g/mol. The first-order chi connectivity index (χ1) is 10.1. The first-order valence-electron chi connectivity index (χ1n) is 6.67. The van der Waals surface area contributed by atoms with Crippen molar-refractivity contribution in [1.82, 2.24) is 0 Å². The largest absolute Gasteiger partial charge is 0.438 e. The summed E-state index contributed by atoms with van der Waals surface area (Å²) in [5, 5.41) is 3.05. The van der Waals surface area contributed by atoms with Gasteiger partial charge in [-0.2, -0.15) is 0 Å². The van der Waals surface area contributed by atoms with E-state index in [0.717, 1.165) is 29.7 Å². The number of fused-ring (bicyclic) bond motifs is 2. The number of anilines is 1. The number of hydrogen-bond donors (Lipinski definition) is 1. The predicted octanol–water partition coefficient (Wildman–Crippen LogP) is 4.70. The summed E-state index contributed by atoms with van der Waals surface area (Å²) < 4.78 is 18.9. The Labute approximate surface area is 125 Å². The Morgan fingerprint density at radius 1 is 1.14 bits per heavy atom. The van der Waals surface area contributed by atoms with E-state index in [1.54, 1.807) is 6.07 Å². The van der Waals surface area contributed by atoms with E-state index in [1.165, 1.54) is 12.1 Å². The molecule has 2 aromatic carbocycles. The molecule has 3 nitrogen and oxygen atoms in total. The summed E-state index contributed by atoms with van der Waals surface area (Å²) in [5.41, 5.74) is 2.76. The van der Waals surface area contributed by atoms with E-state index >= 15 is 0 Å². The van der Waals surface area contributed by atoms with Crippen LogP contribution < -0.4 is 5.32 Å². The van der Waals surface area contributed by atoms with Gasteiger partial charge in [0.25, 0.3) is 0 Å². The second-order valence-corrected chi connectivity index (χ2v) is 5.86. The van der Waals surface area contributed by atoms with Gasteiger partial charge in [-0.05, 0) is 54.3 Å². The van der Waals surface area contributed by atoms with Gasteiger partial charge in [0.1, 0.15) is 11.4 Å². The van der Waals surface area contributed by atoms with Crippen molar-refractivity contribution < 1.29 is 13.9 Å². The summed E-state index contributed by atoms with van der Waals surface area (Å²) in [6.45, 7) is 0. The van der Waals surface area contributed by atoms with Crippen LogP contribution in [0.3, 0.4) is 0 Å². The highest BCUT2D eigenvalue weighted by molar-refractivity contribution is 6.30. The molecule has 1 aliphatic carbocycles. The minimum atomic E-state index is -0.495. The molecule has 4 rings (SSSR count). The number of halogens is 2. The van der Waals surface area contributed by atoms with Gasteiger partial charge in [0.05, 0.1) is 5.69 Å². The molecule has 1 heterocycles. The molecule has 2 aromatic rings. The normalized spacial score (nSPS) is 17.9. The third kappa shape index (κ3) is 2.07. The molecule has 1 fully saturated rings. The highest BCUT2D eigenvalue weighted by atomic mass is 35.5. The van der Waals surface area contributed by atoms with E-state index in [2.05, 4.69) is 5.32 Å². The molecule has 1 amide bonds.